The second kappa shape index (κ2) is 5.23. The topological polar surface area (TPSA) is 51.0 Å². The lowest BCUT2D eigenvalue weighted by atomic mass is 10.2. The van der Waals surface area contributed by atoms with E-state index in [0.29, 0.717) is 18.3 Å². The zero-order chi connectivity index (χ0) is 11.2. The third-order valence-electron chi connectivity index (χ3n) is 2.05. The average Bonchev–Trinajstić information content (AvgIpc) is 2.79. The highest BCUT2D eigenvalue weighted by molar-refractivity contribution is 5.51. The monoisotopic (exact) mass is 215 g/mol. The molecule has 0 bridgehead atoms. The third kappa shape index (κ3) is 2.55. The molecule has 0 fully saturated rings. The predicted octanol–water partition coefficient (Wildman–Crippen LogP) is 2.01. The summed E-state index contributed by atoms with van der Waals surface area (Å²) in [5.74, 6) is 1.14. The van der Waals surface area contributed by atoms with E-state index in [0.717, 1.165) is 12.1 Å². The predicted molar refractivity (Wildman–Crippen MR) is 61.6 cm³/mol. The first-order valence-electron chi connectivity index (χ1n) is 5.09. The van der Waals surface area contributed by atoms with Gasteiger partial charge in [0, 0.05) is 12.1 Å². The van der Waals surface area contributed by atoms with Gasteiger partial charge in [0.2, 0.25) is 11.8 Å². The first kappa shape index (κ1) is 10.6. The molecule has 0 atom stereocenters. The van der Waals surface area contributed by atoms with Crippen LogP contribution in [-0.2, 0) is 6.54 Å². The molecule has 1 aromatic heterocycles. The minimum Gasteiger partial charge on any atom is -0.419 e. The van der Waals surface area contributed by atoms with Crippen LogP contribution in [0.3, 0.4) is 0 Å². The summed E-state index contributed by atoms with van der Waals surface area (Å²) in [4.78, 5) is 0. The number of benzene rings is 1. The highest BCUT2D eigenvalue weighted by Crippen LogP contribution is 2.16. The van der Waals surface area contributed by atoms with Crippen molar-refractivity contribution in [3.8, 4) is 11.5 Å². The van der Waals surface area contributed by atoms with Crippen LogP contribution in [0.1, 0.15) is 5.89 Å². The van der Waals surface area contributed by atoms with E-state index in [4.69, 9.17) is 4.42 Å². The fourth-order valence-corrected chi connectivity index (χ4v) is 1.30. The molecule has 16 heavy (non-hydrogen) atoms. The van der Waals surface area contributed by atoms with E-state index in [2.05, 4.69) is 22.1 Å². The summed E-state index contributed by atoms with van der Waals surface area (Å²) in [7, 11) is 0. The van der Waals surface area contributed by atoms with E-state index in [-0.39, 0.29) is 0 Å². The highest BCUT2D eigenvalue weighted by Gasteiger charge is 2.06. The van der Waals surface area contributed by atoms with Crippen LogP contribution in [0.4, 0.5) is 0 Å². The van der Waals surface area contributed by atoms with Gasteiger partial charge in [0.05, 0.1) is 6.54 Å². The van der Waals surface area contributed by atoms with Crippen molar-refractivity contribution in [2.75, 3.05) is 6.54 Å². The second-order valence-corrected chi connectivity index (χ2v) is 3.29. The van der Waals surface area contributed by atoms with Crippen molar-refractivity contribution in [1.82, 2.24) is 15.5 Å². The van der Waals surface area contributed by atoms with Gasteiger partial charge in [-0.3, -0.25) is 0 Å². The molecule has 0 radical (unpaired) electrons. The zero-order valence-electron chi connectivity index (χ0n) is 8.89. The van der Waals surface area contributed by atoms with Crippen LogP contribution in [0.5, 0.6) is 0 Å². The van der Waals surface area contributed by atoms with Gasteiger partial charge in [0.1, 0.15) is 0 Å². The van der Waals surface area contributed by atoms with Crippen LogP contribution >= 0.6 is 0 Å². The van der Waals surface area contributed by atoms with Crippen molar-refractivity contribution in [2.24, 2.45) is 0 Å². The van der Waals surface area contributed by atoms with E-state index < -0.39 is 0 Å². The Morgan fingerprint density at radius 2 is 2.06 bits per heavy atom. The number of nitrogens with zero attached hydrogens (tertiary/aromatic N) is 2. The number of hydrogen-bond donors (Lipinski definition) is 1. The quantitative estimate of drug-likeness (QED) is 0.612. The van der Waals surface area contributed by atoms with Gasteiger partial charge in [0.25, 0.3) is 0 Å². The van der Waals surface area contributed by atoms with Crippen molar-refractivity contribution in [3.05, 3.63) is 48.9 Å². The molecule has 0 unspecified atom stereocenters. The Bertz CT molecular complexity index is 450. The van der Waals surface area contributed by atoms with Gasteiger partial charge in [-0.05, 0) is 12.1 Å². The van der Waals surface area contributed by atoms with Gasteiger partial charge in [0.15, 0.2) is 0 Å². The van der Waals surface area contributed by atoms with Crippen LogP contribution < -0.4 is 5.32 Å². The van der Waals surface area contributed by atoms with E-state index in [1.54, 1.807) is 6.08 Å². The van der Waals surface area contributed by atoms with Crippen LogP contribution in [0, 0.1) is 0 Å². The van der Waals surface area contributed by atoms with Crippen molar-refractivity contribution in [2.45, 2.75) is 6.54 Å². The molecule has 2 rings (SSSR count). The SMILES string of the molecule is C=CCNCc1nnc(-c2ccccc2)o1. The Morgan fingerprint density at radius 1 is 1.25 bits per heavy atom. The maximum Gasteiger partial charge on any atom is 0.247 e. The molecule has 1 heterocycles. The summed E-state index contributed by atoms with van der Waals surface area (Å²) >= 11 is 0. The summed E-state index contributed by atoms with van der Waals surface area (Å²) in [6.07, 6.45) is 1.79. The molecule has 4 heteroatoms. The lowest BCUT2D eigenvalue weighted by molar-refractivity contribution is 0.485. The zero-order valence-corrected chi connectivity index (χ0v) is 8.89. The van der Waals surface area contributed by atoms with Crippen molar-refractivity contribution >= 4 is 0 Å². The Balaban J connectivity index is 2.05. The van der Waals surface area contributed by atoms with E-state index >= 15 is 0 Å². The van der Waals surface area contributed by atoms with Crippen molar-refractivity contribution in [3.63, 3.8) is 0 Å². The van der Waals surface area contributed by atoms with Gasteiger partial charge >= 0.3 is 0 Å². The van der Waals surface area contributed by atoms with Gasteiger partial charge in [-0.25, -0.2) is 0 Å². The van der Waals surface area contributed by atoms with E-state index in [1.807, 2.05) is 30.3 Å². The number of hydrogen-bond acceptors (Lipinski definition) is 4. The second-order valence-electron chi connectivity index (χ2n) is 3.29. The molecule has 0 aliphatic heterocycles. The maximum atomic E-state index is 5.50. The Kier molecular flexibility index (Phi) is 3.46. The fourth-order valence-electron chi connectivity index (χ4n) is 1.30. The largest absolute Gasteiger partial charge is 0.419 e. The summed E-state index contributed by atoms with van der Waals surface area (Å²) in [6.45, 7) is 4.90. The summed E-state index contributed by atoms with van der Waals surface area (Å²) < 4.78 is 5.50. The Hall–Kier alpha value is -1.94. The molecule has 0 aliphatic rings. The molecular formula is C12H13N3O. The Morgan fingerprint density at radius 3 is 2.81 bits per heavy atom. The highest BCUT2D eigenvalue weighted by atomic mass is 16.4. The van der Waals surface area contributed by atoms with Crippen LogP contribution in [0.25, 0.3) is 11.5 Å². The third-order valence-corrected chi connectivity index (χ3v) is 2.05. The van der Waals surface area contributed by atoms with Gasteiger partial charge in [-0.1, -0.05) is 24.3 Å². The van der Waals surface area contributed by atoms with Crippen LogP contribution in [0.2, 0.25) is 0 Å². The minimum absolute atomic E-state index is 0.552. The lowest BCUT2D eigenvalue weighted by Crippen LogP contribution is -2.12. The molecule has 1 N–H and O–H groups in total. The standard InChI is InChI=1S/C12H13N3O/c1-2-8-13-9-11-14-15-12(16-11)10-6-4-3-5-7-10/h2-7,13H,1,8-9H2. The van der Waals surface area contributed by atoms with E-state index in [1.165, 1.54) is 0 Å². The molecule has 0 amide bonds. The van der Waals surface area contributed by atoms with Gasteiger partial charge in [-0.2, -0.15) is 0 Å². The lowest BCUT2D eigenvalue weighted by Gasteiger charge is -1.95. The molecule has 2 aromatic rings. The molecule has 0 saturated heterocycles. The fraction of sp³-hybridized carbons (Fsp3) is 0.167. The molecule has 82 valence electrons. The van der Waals surface area contributed by atoms with Crippen molar-refractivity contribution in [1.29, 1.82) is 0 Å². The molecule has 4 nitrogen and oxygen atoms in total. The van der Waals surface area contributed by atoms with Crippen LogP contribution in [-0.4, -0.2) is 16.7 Å². The van der Waals surface area contributed by atoms with E-state index in [9.17, 15) is 0 Å². The molecule has 0 aliphatic carbocycles. The average molecular weight is 215 g/mol. The molecule has 0 saturated carbocycles. The van der Waals surface area contributed by atoms with Gasteiger partial charge < -0.3 is 9.73 Å². The smallest absolute Gasteiger partial charge is 0.247 e. The van der Waals surface area contributed by atoms with Gasteiger partial charge in [-0.15, -0.1) is 16.8 Å². The number of aromatic nitrogens is 2. The maximum absolute atomic E-state index is 5.50. The molecular weight excluding hydrogens is 202 g/mol. The molecule has 0 spiro atoms. The first-order chi connectivity index (χ1) is 7.90. The summed E-state index contributed by atoms with van der Waals surface area (Å²) in [5, 5.41) is 11.0. The summed E-state index contributed by atoms with van der Waals surface area (Å²) in [6, 6.07) is 9.71. The van der Waals surface area contributed by atoms with Crippen molar-refractivity contribution < 1.29 is 4.42 Å². The first-order valence-corrected chi connectivity index (χ1v) is 5.09. The van der Waals surface area contributed by atoms with Crippen LogP contribution in [0.15, 0.2) is 47.4 Å². The number of rotatable bonds is 5. The molecule has 1 aromatic carbocycles. The Labute approximate surface area is 94.0 Å². The number of nitrogens with one attached hydrogen (secondary N) is 1. The summed E-state index contributed by atoms with van der Waals surface area (Å²) in [5.41, 5.74) is 0.935. The normalized spacial score (nSPS) is 10.2. The minimum atomic E-state index is 0.552.